The van der Waals surface area contributed by atoms with Crippen molar-refractivity contribution in [1.82, 2.24) is 0 Å². The maximum Gasteiger partial charge on any atom is 0.171 e. The van der Waals surface area contributed by atoms with Crippen molar-refractivity contribution in [1.29, 1.82) is 0 Å². The molecule has 4 heteroatoms. The van der Waals surface area contributed by atoms with Gasteiger partial charge in [-0.3, -0.25) is 0 Å². The third-order valence-corrected chi connectivity index (χ3v) is 2.94. The highest BCUT2D eigenvalue weighted by atomic mass is 32.1. The van der Waals surface area contributed by atoms with E-state index in [9.17, 15) is 0 Å². The molecule has 1 aromatic rings. The van der Waals surface area contributed by atoms with Crippen LogP contribution in [-0.2, 0) is 4.74 Å². The SMILES string of the molecule is COCC1(C)COc2cscc2OC1. The van der Waals surface area contributed by atoms with Crippen molar-refractivity contribution >= 4 is 11.3 Å². The zero-order chi connectivity index (χ0) is 10.0. The smallest absolute Gasteiger partial charge is 0.171 e. The van der Waals surface area contributed by atoms with Crippen LogP contribution in [0.25, 0.3) is 0 Å². The Morgan fingerprint density at radius 2 is 1.93 bits per heavy atom. The lowest BCUT2D eigenvalue weighted by Crippen LogP contribution is -2.34. The first-order valence-corrected chi connectivity index (χ1v) is 5.48. The van der Waals surface area contributed by atoms with Gasteiger partial charge >= 0.3 is 0 Å². The van der Waals surface area contributed by atoms with Gasteiger partial charge in [0.2, 0.25) is 0 Å². The lowest BCUT2D eigenvalue weighted by atomic mass is 9.94. The average molecular weight is 214 g/mol. The van der Waals surface area contributed by atoms with Gasteiger partial charge in [0.1, 0.15) is 0 Å². The molecule has 2 heterocycles. The quantitative estimate of drug-likeness (QED) is 0.755. The van der Waals surface area contributed by atoms with Gasteiger partial charge in [0.05, 0.1) is 25.2 Å². The Kier molecular flexibility index (Phi) is 2.65. The van der Waals surface area contributed by atoms with Crippen LogP contribution in [0.2, 0.25) is 0 Å². The Morgan fingerprint density at radius 3 is 2.43 bits per heavy atom. The van der Waals surface area contributed by atoms with E-state index in [2.05, 4.69) is 6.92 Å². The Labute approximate surface area is 87.6 Å². The van der Waals surface area contributed by atoms with Gasteiger partial charge in [-0.05, 0) is 0 Å². The topological polar surface area (TPSA) is 27.7 Å². The zero-order valence-corrected chi connectivity index (χ0v) is 9.23. The molecule has 0 saturated carbocycles. The second-order valence-corrected chi connectivity index (χ2v) is 4.66. The molecule has 0 radical (unpaired) electrons. The normalized spacial score (nSPS) is 19.0. The molecule has 1 aliphatic rings. The van der Waals surface area contributed by atoms with Crippen LogP contribution in [0.15, 0.2) is 10.8 Å². The second-order valence-electron chi connectivity index (χ2n) is 3.92. The van der Waals surface area contributed by atoms with Crippen LogP contribution in [0.3, 0.4) is 0 Å². The molecule has 78 valence electrons. The summed E-state index contributed by atoms with van der Waals surface area (Å²) in [7, 11) is 1.70. The highest BCUT2D eigenvalue weighted by molar-refractivity contribution is 7.08. The lowest BCUT2D eigenvalue weighted by Gasteiger charge is -2.24. The summed E-state index contributed by atoms with van der Waals surface area (Å²) >= 11 is 1.60. The van der Waals surface area contributed by atoms with Crippen molar-refractivity contribution in [3.8, 4) is 11.5 Å². The Morgan fingerprint density at radius 1 is 1.36 bits per heavy atom. The Bertz CT molecular complexity index is 286. The Balaban J connectivity index is 2.09. The van der Waals surface area contributed by atoms with Crippen molar-refractivity contribution < 1.29 is 14.2 Å². The van der Waals surface area contributed by atoms with Crippen LogP contribution in [0.5, 0.6) is 11.5 Å². The fourth-order valence-electron chi connectivity index (χ4n) is 1.46. The summed E-state index contributed by atoms with van der Waals surface area (Å²) in [4.78, 5) is 0. The summed E-state index contributed by atoms with van der Waals surface area (Å²) in [5.74, 6) is 1.71. The van der Waals surface area contributed by atoms with Crippen LogP contribution in [0.1, 0.15) is 6.92 Å². The standard InChI is InChI=1S/C10H14O3S/c1-10(5-11-2)6-12-8-3-14-4-9(8)13-7-10/h3-4H,5-7H2,1-2H3. The third-order valence-electron chi connectivity index (χ3n) is 2.24. The van der Waals surface area contributed by atoms with Gasteiger partial charge in [-0.1, -0.05) is 6.92 Å². The Hall–Kier alpha value is -0.740. The van der Waals surface area contributed by atoms with Crippen LogP contribution in [0, 0.1) is 5.41 Å². The number of methoxy groups -OCH3 is 1. The number of thiophene rings is 1. The first-order valence-electron chi connectivity index (χ1n) is 4.54. The average Bonchev–Trinajstić information content (AvgIpc) is 2.55. The van der Waals surface area contributed by atoms with Crippen LogP contribution in [0.4, 0.5) is 0 Å². The van der Waals surface area contributed by atoms with E-state index >= 15 is 0 Å². The first-order chi connectivity index (χ1) is 6.73. The van der Waals surface area contributed by atoms with Crippen molar-refractivity contribution in [2.45, 2.75) is 6.92 Å². The van der Waals surface area contributed by atoms with Gasteiger partial charge in [0.25, 0.3) is 0 Å². The molecule has 0 atom stereocenters. The zero-order valence-electron chi connectivity index (χ0n) is 8.41. The summed E-state index contributed by atoms with van der Waals surface area (Å²) in [6, 6.07) is 0. The molecular weight excluding hydrogens is 200 g/mol. The van der Waals surface area contributed by atoms with Crippen LogP contribution in [-0.4, -0.2) is 26.9 Å². The molecule has 0 unspecified atom stereocenters. The number of hydrogen-bond donors (Lipinski definition) is 0. The fourth-order valence-corrected chi connectivity index (χ4v) is 2.15. The number of hydrogen-bond acceptors (Lipinski definition) is 4. The summed E-state index contributed by atoms with van der Waals surface area (Å²) in [6.45, 7) is 4.04. The van der Waals surface area contributed by atoms with Crippen LogP contribution >= 0.6 is 11.3 Å². The molecule has 14 heavy (non-hydrogen) atoms. The highest BCUT2D eigenvalue weighted by Crippen LogP contribution is 2.36. The van der Waals surface area contributed by atoms with Gasteiger partial charge in [-0.25, -0.2) is 0 Å². The summed E-state index contributed by atoms with van der Waals surface area (Å²) < 4.78 is 16.5. The number of ether oxygens (including phenoxy) is 3. The molecular formula is C10H14O3S. The number of fused-ring (bicyclic) bond motifs is 1. The van der Waals surface area contributed by atoms with E-state index in [0.29, 0.717) is 19.8 Å². The minimum Gasteiger partial charge on any atom is -0.488 e. The molecule has 0 aliphatic carbocycles. The maximum absolute atomic E-state index is 5.66. The van der Waals surface area contributed by atoms with E-state index in [1.54, 1.807) is 18.4 Å². The predicted molar refractivity (Wildman–Crippen MR) is 55.3 cm³/mol. The van der Waals surface area contributed by atoms with Gasteiger partial charge in [0, 0.05) is 17.9 Å². The molecule has 0 amide bonds. The van der Waals surface area contributed by atoms with E-state index in [4.69, 9.17) is 14.2 Å². The van der Waals surface area contributed by atoms with E-state index in [0.717, 1.165) is 11.5 Å². The monoisotopic (exact) mass is 214 g/mol. The van der Waals surface area contributed by atoms with Crippen molar-refractivity contribution in [3.05, 3.63) is 10.8 Å². The van der Waals surface area contributed by atoms with Gasteiger partial charge in [0.15, 0.2) is 11.5 Å². The molecule has 1 aliphatic heterocycles. The second kappa shape index (κ2) is 3.79. The molecule has 2 rings (SSSR count). The van der Waals surface area contributed by atoms with Crippen LogP contribution < -0.4 is 9.47 Å². The van der Waals surface area contributed by atoms with E-state index in [1.807, 2.05) is 10.8 Å². The fraction of sp³-hybridized carbons (Fsp3) is 0.600. The molecule has 0 N–H and O–H groups in total. The molecule has 3 nitrogen and oxygen atoms in total. The highest BCUT2D eigenvalue weighted by Gasteiger charge is 2.30. The predicted octanol–water partition coefficient (Wildman–Crippen LogP) is 2.17. The summed E-state index contributed by atoms with van der Waals surface area (Å²) in [5, 5.41) is 3.93. The van der Waals surface area contributed by atoms with Gasteiger partial charge in [-0.2, -0.15) is 0 Å². The minimum absolute atomic E-state index is 0.0502. The largest absolute Gasteiger partial charge is 0.488 e. The van der Waals surface area contributed by atoms with Gasteiger partial charge in [-0.15, -0.1) is 11.3 Å². The molecule has 1 aromatic heterocycles. The van der Waals surface area contributed by atoms with Crippen molar-refractivity contribution in [3.63, 3.8) is 0 Å². The molecule has 0 fully saturated rings. The maximum atomic E-state index is 5.66. The third kappa shape index (κ3) is 1.86. The van der Waals surface area contributed by atoms with E-state index in [1.165, 1.54) is 0 Å². The van der Waals surface area contributed by atoms with E-state index in [-0.39, 0.29) is 5.41 Å². The van der Waals surface area contributed by atoms with Gasteiger partial charge < -0.3 is 14.2 Å². The molecule has 0 saturated heterocycles. The summed E-state index contributed by atoms with van der Waals surface area (Å²) in [5.41, 5.74) is -0.0502. The minimum atomic E-state index is -0.0502. The van der Waals surface area contributed by atoms with Crippen molar-refractivity contribution in [2.75, 3.05) is 26.9 Å². The summed E-state index contributed by atoms with van der Waals surface area (Å²) in [6.07, 6.45) is 0. The first kappa shape index (κ1) is 9.80. The lowest BCUT2D eigenvalue weighted by molar-refractivity contribution is 0.0296. The molecule has 0 bridgehead atoms. The van der Waals surface area contributed by atoms with Crippen molar-refractivity contribution in [2.24, 2.45) is 5.41 Å². The molecule has 0 spiro atoms. The number of rotatable bonds is 2. The molecule has 0 aromatic carbocycles. The van der Waals surface area contributed by atoms with E-state index < -0.39 is 0 Å².